The van der Waals surface area contributed by atoms with E-state index in [9.17, 15) is 9.59 Å². The van der Waals surface area contributed by atoms with E-state index >= 15 is 0 Å². The lowest BCUT2D eigenvalue weighted by Crippen LogP contribution is -2.26. The maximum absolute atomic E-state index is 12.4. The van der Waals surface area contributed by atoms with Gasteiger partial charge in [-0.15, -0.1) is 0 Å². The molecule has 116 valence electrons. The lowest BCUT2D eigenvalue weighted by Gasteiger charge is -2.17. The highest BCUT2D eigenvalue weighted by atomic mass is 16.5. The first-order valence-electron chi connectivity index (χ1n) is 6.92. The Morgan fingerprint density at radius 1 is 1.18 bits per heavy atom. The molecule has 0 aliphatic heterocycles. The lowest BCUT2D eigenvalue weighted by molar-refractivity contribution is 0.0600. The third kappa shape index (κ3) is 3.36. The summed E-state index contributed by atoms with van der Waals surface area (Å²) in [5.74, 6) is 0.874. The van der Waals surface area contributed by atoms with Crippen molar-refractivity contribution in [2.75, 3.05) is 14.2 Å². The summed E-state index contributed by atoms with van der Waals surface area (Å²) in [4.78, 5) is 25.4. The lowest BCUT2D eigenvalue weighted by atomic mass is 10.1. The van der Waals surface area contributed by atoms with E-state index in [0.29, 0.717) is 23.4 Å². The highest BCUT2D eigenvalue weighted by molar-refractivity contribution is 5.95. The molecule has 0 unspecified atom stereocenters. The Kier molecular flexibility index (Phi) is 4.65. The molecule has 1 aromatic heterocycles. The summed E-state index contributed by atoms with van der Waals surface area (Å²) in [6.07, 6.45) is 0. The second-order valence-corrected chi connectivity index (χ2v) is 5.18. The van der Waals surface area contributed by atoms with E-state index in [0.717, 1.165) is 11.3 Å². The Morgan fingerprint density at radius 3 is 2.32 bits per heavy atom. The molecule has 0 fully saturated rings. The van der Waals surface area contributed by atoms with Crippen LogP contribution in [0.4, 0.5) is 0 Å². The predicted octanol–water partition coefficient (Wildman–Crippen LogP) is 2.96. The van der Waals surface area contributed by atoms with Crippen molar-refractivity contribution in [2.45, 2.75) is 20.4 Å². The van der Waals surface area contributed by atoms with E-state index < -0.39 is 0 Å². The minimum Gasteiger partial charge on any atom is -0.466 e. The van der Waals surface area contributed by atoms with Gasteiger partial charge in [0.2, 0.25) is 0 Å². The third-order valence-corrected chi connectivity index (χ3v) is 3.41. The van der Waals surface area contributed by atoms with Crippen LogP contribution in [0.3, 0.4) is 0 Å². The van der Waals surface area contributed by atoms with Crippen LogP contribution >= 0.6 is 0 Å². The summed E-state index contributed by atoms with van der Waals surface area (Å²) >= 11 is 0. The number of amides is 1. The number of hydrogen-bond donors (Lipinski definition) is 0. The number of nitrogens with zero attached hydrogens (tertiary/aromatic N) is 1. The van der Waals surface area contributed by atoms with Crippen LogP contribution in [0.2, 0.25) is 0 Å². The summed E-state index contributed by atoms with van der Waals surface area (Å²) < 4.78 is 10.0. The molecule has 1 heterocycles. The van der Waals surface area contributed by atoms with E-state index in [1.54, 1.807) is 37.1 Å². The van der Waals surface area contributed by atoms with Crippen LogP contribution in [-0.4, -0.2) is 30.9 Å². The molecule has 0 radical (unpaired) electrons. The molecule has 22 heavy (non-hydrogen) atoms. The van der Waals surface area contributed by atoms with Crippen LogP contribution < -0.4 is 0 Å². The van der Waals surface area contributed by atoms with Gasteiger partial charge in [0.15, 0.2) is 0 Å². The molecule has 0 saturated heterocycles. The standard InChI is InChI=1S/C17H19NO4/c1-11-9-15(12(2)22-11)16(19)18(3)10-13-5-7-14(8-6-13)17(20)21-4/h5-9H,10H2,1-4H3. The van der Waals surface area contributed by atoms with Gasteiger partial charge in [-0.2, -0.15) is 0 Å². The van der Waals surface area contributed by atoms with Crippen LogP contribution in [0.25, 0.3) is 0 Å². The van der Waals surface area contributed by atoms with Crippen LogP contribution in [0, 0.1) is 13.8 Å². The quantitative estimate of drug-likeness (QED) is 0.815. The van der Waals surface area contributed by atoms with Crippen molar-refractivity contribution in [1.82, 2.24) is 4.90 Å². The minimum atomic E-state index is -0.375. The summed E-state index contributed by atoms with van der Waals surface area (Å²) in [5, 5.41) is 0. The SMILES string of the molecule is COC(=O)c1ccc(CN(C)C(=O)c2cc(C)oc2C)cc1. The zero-order valence-electron chi connectivity index (χ0n) is 13.2. The van der Waals surface area contributed by atoms with Gasteiger partial charge < -0.3 is 14.1 Å². The van der Waals surface area contributed by atoms with Crippen molar-refractivity contribution in [3.63, 3.8) is 0 Å². The number of esters is 1. The number of aryl methyl sites for hydroxylation is 2. The highest BCUT2D eigenvalue weighted by Gasteiger charge is 2.17. The van der Waals surface area contributed by atoms with Crippen molar-refractivity contribution >= 4 is 11.9 Å². The minimum absolute atomic E-state index is 0.0913. The molecule has 0 aliphatic carbocycles. The molecule has 0 saturated carbocycles. The van der Waals surface area contributed by atoms with Crippen molar-refractivity contribution in [3.05, 3.63) is 58.5 Å². The van der Waals surface area contributed by atoms with Gasteiger partial charge in [-0.25, -0.2) is 4.79 Å². The number of hydrogen-bond acceptors (Lipinski definition) is 4. The molecule has 0 atom stereocenters. The molecule has 2 rings (SSSR count). The largest absolute Gasteiger partial charge is 0.466 e. The Hall–Kier alpha value is -2.56. The average Bonchev–Trinajstić information content (AvgIpc) is 2.85. The van der Waals surface area contributed by atoms with E-state index in [2.05, 4.69) is 4.74 Å². The van der Waals surface area contributed by atoms with E-state index in [1.165, 1.54) is 7.11 Å². The smallest absolute Gasteiger partial charge is 0.337 e. The highest BCUT2D eigenvalue weighted by Crippen LogP contribution is 2.17. The summed E-state index contributed by atoms with van der Waals surface area (Å²) in [6, 6.07) is 8.74. The molecule has 0 aliphatic rings. The van der Waals surface area contributed by atoms with Crippen LogP contribution in [-0.2, 0) is 11.3 Å². The van der Waals surface area contributed by atoms with Crippen molar-refractivity contribution in [1.29, 1.82) is 0 Å². The summed E-state index contributed by atoms with van der Waals surface area (Å²) in [6.45, 7) is 4.04. The van der Waals surface area contributed by atoms with Gasteiger partial charge in [0, 0.05) is 13.6 Å². The van der Waals surface area contributed by atoms with Crippen LogP contribution in [0.1, 0.15) is 37.8 Å². The average molecular weight is 301 g/mol. The van der Waals surface area contributed by atoms with Crippen molar-refractivity contribution in [2.24, 2.45) is 0 Å². The van der Waals surface area contributed by atoms with Gasteiger partial charge >= 0.3 is 5.97 Å². The van der Waals surface area contributed by atoms with Gasteiger partial charge in [-0.05, 0) is 37.6 Å². The Labute approximate surface area is 129 Å². The fourth-order valence-corrected chi connectivity index (χ4v) is 2.26. The number of carbonyl (C=O) groups excluding carboxylic acids is 2. The first kappa shape index (κ1) is 15.8. The number of furan rings is 1. The van der Waals surface area contributed by atoms with E-state index in [1.807, 2.05) is 19.1 Å². The number of carbonyl (C=O) groups is 2. The number of methoxy groups -OCH3 is 1. The van der Waals surface area contributed by atoms with Gasteiger partial charge in [-0.3, -0.25) is 4.79 Å². The number of ether oxygens (including phenoxy) is 1. The summed E-state index contributed by atoms with van der Waals surface area (Å²) in [5.41, 5.74) is 1.99. The Bertz CT molecular complexity index is 685. The number of benzene rings is 1. The fourth-order valence-electron chi connectivity index (χ4n) is 2.26. The first-order chi connectivity index (χ1) is 10.4. The van der Waals surface area contributed by atoms with Gasteiger partial charge in [-0.1, -0.05) is 12.1 Å². The second-order valence-electron chi connectivity index (χ2n) is 5.18. The molecular weight excluding hydrogens is 282 g/mol. The molecule has 1 aromatic carbocycles. The molecule has 1 amide bonds. The second kappa shape index (κ2) is 6.47. The molecular formula is C17H19NO4. The normalized spacial score (nSPS) is 10.4. The zero-order valence-corrected chi connectivity index (χ0v) is 13.2. The van der Waals surface area contributed by atoms with Crippen LogP contribution in [0.5, 0.6) is 0 Å². The maximum Gasteiger partial charge on any atom is 0.337 e. The molecule has 5 nitrogen and oxygen atoms in total. The topological polar surface area (TPSA) is 59.8 Å². The number of rotatable bonds is 4. The van der Waals surface area contributed by atoms with Gasteiger partial charge in [0.25, 0.3) is 5.91 Å². The molecule has 0 bridgehead atoms. The summed E-state index contributed by atoms with van der Waals surface area (Å²) in [7, 11) is 3.08. The third-order valence-electron chi connectivity index (χ3n) is 3.41. The van der Waals surface area contributed by atoms with Crippen LogP contribution in [0.15, 0.2) is 34.7 Å². The molecule has 0 spiro atoms. The zero-order chi connectivity index (χ0) is 16.3. The first-order valence-corrected chi connectivity index (χ1v) is 6.92. The van der Waals surface area contributed by atoms with Crippen molar-refractivity contribution in [3.8, 4) is 0 Å². The van der Waals surface area contributed by atoms with Crippen molar-refractivity contribution < 1.29 is 18.7 Å². The maximum atomic E-state index is 12.4. The molecule has 0 N–H and O–H groups in total. The van der Waals surface area contributed by atoms with E-state index in [4.69, 9.17) is 4.42 Å². The fraction of sp³-hybridized carbons (Fsp3) is 0.294. The van der Waals surface area contributed by atoms with E-state index in [-0.39, 0.29) is 11.9 Å². The van der Waals surface area contributed by atoms with Gasteiger partial charge in [0.05, 0.1) is 18.2 Å². The molecule has 5 heteroatoms. The monoisotopic (exact) mass is 301 g/mol. The van der Waals surface area contributed by atoms with Gasteiger partial charge in [0.1, 0.15) is 11.5 Å². The molecule has 2 aromatic rings. The predicted molar refractivity (Wildman–Crippen MR) is 81.8 cm³/mol. The Balaban J connectivity index is 2.08. The Morgan fingerprint density at radius 2 is 1.82 bits per heavy atom.